The molecule has 1 amide bonds. The highest BCUT2D eigenvalue weighted by molar-refractivity contribution is 5.79. The second-order valence-electron chi connectivity index (χ2n) is 11.9. The lowest BCUT2D eigenvalue weighted by atomic mass is 9.47. The van der Waals surface area contributed by atoms with E-state index in [4.69, 9.17) is 0 Å². The summed E-state index contributed by atoms with van der Waals surface area (Å²) in [7, 11) is 0. The lowest BCUT2D eigenvalue weighted by Gasteiger charge is -2.58. The van der Waals surface area contributed by atoms with E-state index < -0.39 is 0 Å². The Morgan fingerprint density at radius 2 is 1.88 bits per heavy atom. The van der Waals surface area contributed by atoms with Crippen LogP contribution in [0.2, 0.25) is 0 Å². The average molecular weight is 431 g/mol. The summed E-state index contributed by atoms with van der Waals surface area (Å²) in [4.78, 5) is 16.9. The van der Waals surface area contributed by atoms with Gasteiger partial charge in [-0.05, 0) is 104 Å². The molecule has 3 saturated carbocycles. The van der Waals surface area contributed by atoms with E-state index in [0.717, 1.165) is 43.4 Å². The van der Waals surface area contributed by atoms with E-state index in [1.807, 2.05) is 6.20 Å². The number of fused-ring (bicyclic) bond motifs is 5. The average Bonchev–Trinajstić information content (AvgIpc) is 3.10. The molecular formula is C29H38N2O. The highest BCUT2D eigenvalue weighted by Crippen LogP contribution is 2.66. The van der Waals surface area contributed by atoms with E-state index in [0.29, 0.717) is 28.7 Å². The second-order valence-corrected chi connectivity index (χ2v) is 11.9. The van der Waals surface area contributed by atoms with E-state index in [1.165, 1.54) is 44.1 Å². The molecule has 3 nitrogen and oxygen atoms in total. The Balaban J connectivity index is 1.20. The summed E-state index contributed by atoms with van der Waals surface area (Å²) < 4.78 is 0. The number of aromatic nitrogens is 1. The van der Waals surface area contributed by atoms with Crippen molar-refractivity contribution in [2.75, 3.05) is 0 Å². The summed E-state index contributed by atoms with van der Waals surface area (Å²) in [6.07, 6.45) is 21.1. The van der Waals surface area contributed by atoms with E-state index in [2.05, 4.69) is 54.6 Å². The van der Waals surface area contributed by atoms with Crippen LogP contribution in [0.3, 0.4) is 0 Å². The lowest BCUT2D eigenvalue weighted by molar-refractivity contribution is -0.128. The van der Waals surface area contributed by atoms with Crippen molar-refractivity contribution in [1.29, 1.82) is 0 Å². The van der Waals surface area contributed by atoms with Crippen molar-refractivity contribution >= 4 is 11.5 Å². The fraction of sp³-hybridized carbons (Fsp3) is 0.655. The fourth-order valence-electron chi connectivity index (χ4n) is 8.31. The van der Waals surface area contributed by atoms with Gasteiger partial charge in [0.25, 0.3) is 0 Å². The number of amides is 1. The standard InChI is InChI=1S/C29H38N2O/c1-28-14-12-22(31-27(32)19-5-3-6-19)17-21(28)8-9-23-25-11-10-24(20-7-4-16-30-18-20)29(25,2)15-13-26(23)28/h4,7-8,10,16,18-19,22-23,25-26H,3,5-6,9,11-15,17H2,1-2H3,(H,31,32)/t22-,23?,25?,26?,28+,29-/m1/s1. The van der Waals surface area contributed by atoms with Gasteiger partial charge in [-0.3, -0.25) is 9.78 Å². The number of pyridine rings is 1. The number of carbonyl (C=O) groups is 1. The minimum atomic E-state index is 0.292. The molecule has 32 heavy (non-hydrogen) atoms. The summed E-state index contributed by atoms with van der Waals surface area (Å²) in [5.74, 6) is 2.96. The molecule has 0 bridgehead atoms. The van der Waals surface area contributed by atoms with Crippen LogP contribution in [0.1, 0.15) is 83.6 Å². The predicted molar refractivity (Wildman–Crippen MR) is 129 cm³/mol. The first-order valence-corrected chi connectivity index (χ1v) is 13.1. The zero-order valence-corrected chi connectivity index (χ0v) is 19.8. The Morgan fingerprint density at radius 3 is 2.62 bits per heavy atom. The SMILES string of the molecule is C[C@]12CC[C@@H](NC(=O)C3CCC3)CC1=CCC1C2CC[C@]2(C)C(c3cccnc3)=CCC12. The normalized spacial score (nSPS) is 40.8. The van der Waals surface area contributed by atoms with Gasteiger partial charge in [0, 0.05) is 24.4 Å². The molecule has 0 aliphatic heterocycles. The molecule has 0 radical (unpaired) electrons. The smallest absolute Gasteiger partial charge is 0.223 e. The molecule has 5 aliphatic rings. The fourth-order valence-corrected chi connectivity index (χ4v) is 8.31. The Kier molecular flexibility index (Phi) is 4.89. The van der Waals surface area contributed by atoms with Crippen LogP contribution < -0.4 is 5.32 Å². The van der Waals surface area contributed by atoms with E-state index in [-0.39, 0.29) is 0 Å². The van der Waals surface area contributed by atoms with Gasteiger partial charge >= 0.3 is 0 Å². The molecule has 3 heteroatoms. The molecule has 6 atom stereocenters. The summed E-state index contributed by atoms with van der Waals surface area (Å²) in [6, 6.07) is 4.69. The van der Waals surface area contributed by atoms with Crippen molar-refractivity contribution in [3.63, 3.8) is 0 Å². The number of rotatable bonds is 3. The number of hydrogen-bond donors (Lipinski definition) is 1. The first-order chi connectivity index (χ1) is 15.5. The van der Waals surface area contributed by atoms with Gasteiger partial charge in [-0.2, -0.15) is 0 Å². The summed E-state index contributed by atoms with van der Waals surface area (Å²) >= 11 is 0. The molecule has 170 valence electrons. The van der Waals surface area contributed by atoms with Crippen molar-refractivity contribution in [3.05, 3.63) is 47.8 Å². The van der Waals surface area contributed by atoms with Gasteiger partial charge in [-0.15, -0.1) is 0 Å². The molecule has 1 heterocycles. The maximum Gasteiger partial charge on any atom is 0.223 e. The second kappa shape index (κ2) is 7.57. The third kappa shape index (κ3) is 3.06. The molecule has 0 spiro atoms. The van der Waals surface area contributed by atoms with E-state index >= 15 is 0 Å². The highest BCUT2D eigenvalue weighted by atomic mass is 16.2. The number of nitrogens with one attached hydrogen (secondary N) is 1. The molecule has 3 unspecified atom stereocenters. The molecule has 1 N–H and O–H groups in total. The Bertz CT molecular complexity index is 961. The minimum Gasteiger partial charge on any atom is -0.353 e. The number of allylic oxidation sites excluding steroid dienone is 3. The van der Waals surface area contributed by atoms with Crippen LogP contribution >= 0.6 is 0 Å². The van der Waals surface area contributed by atoms with Crippen LogP contribution in [0.5, 0.6) is 0 Å². The van der Waals surface area contributed by atoms with Gasteiger partial charge in [0.2, 0.25) is 5.91 Å². The van der Waals surface area contributed by atoms with E-state index in [9.17, 15) is 4.79 Å². The zero-order valence-electron chi connectivity index (χ0n) is 19.8. The van der Waals surface area contributed by atoms with Crippen molar-refractivity contribution in [3.8, 4) is 0 Å². The zero-order chi connectivity index (χ0) is 21.9. The van der Waals surface area contributed by atoms with Gasteiger partial charge in [-0.25, -0.2) is 0 Å². The number of carbonyl (C=O) groups excluding carboxylic acids is 1. The molecule has 3 fully saturated rings. The van der Waals surface area contributed by atoms with Crippen LogP contribution in [-0.2, 0) is 4.79 Å². The van der Waals surface area contributed by atoms with Gasteiger partial charge < -0.3 is 5.32 Å². The third-order valence-electron chi connectivity index (χ3n) is 10.5. The van der Waals surface area contributed by atoms with Crippen LogP contribution in [0.4, 0.5) is 0 Å². The molecule has 0 aromatic carbocycles. The maximum absolute atomic E-state index is 12.5. The highest BCUT2D eigenvalue weighted by Gasteiger charge is 2.56. The molecule has 1 aromatic heterocycles. The topological polar surface area (TPSA) is 42.0 Å². The summed E-state index contributed by atoms with van der Waals surface area (Å²) in [6.45, 7) is 5.10. The third-order valence-corrected chi connectivity index (χ3v) is 10.5. The largest absolute Gasteiger partial charge is 0.353 e. The summed E-state index contributed by atoms with van der Waals surface area (Å²) in [5, 5.41) is 3.42. The van der Waals surface area contributed by atoms with Gasteiger partial charge in [0.15, 0.2) is 0 Å². The molecule has 6 rings (SSSR count). The van der Waals surface area contributed by atoms with Crippen molar-refractivity contribution in [2.45, 2.75) is 84.1 Å². The Hall–Kier alpha value is -1.90. The van der Waals surface area contributed by atoms with Crippen LogP contribution in [-0.4, -0.2) is 16.9 Å². The Morgan fingerprint density at radius 1 is 1.03 bits per heavy atom. The van der Waals surface area contributed by atoms with E-state index in [1.54, 1.807) is 11.1 Å². The van der Waals surface area contributed by atoms with Gasteiger partial charge in [0.1, 0.15) is 0 Å². The van der Waals surface area contributed by atoms with Gasteiger partial charge in [-0.1, -0.05) is 44.1 Å². The molecule has 5 aliphatic carbocycles. The maximum atomic E-state index is 12.5. The van der Waals surface area contributed by atoms with Crippen LogP contribution in [0.15, 0.2) is 42.3 Å². The van der Waals surface area contributed by atoms with Crippen LogP contribution in [0, 0.1) is 34.5 Å². The van der Waals surface area contributed by atoms with Crippen molar-refractivity contribution < 1.29 is 4.79 Å². The lowest BCUT2D eigenvalue weighted by Crippen LogP contribution is -2.52. The summed E-state index contributed by atoms with van der Waals surface area (Å²) in [5.41, 5.74) is 5.16. The number of hydrogen-bond acceptors (Lipinski definition) is 2. The minimum absolute atomic E-state index is 0.292. The Labute approximate surface area is 193 Å². The molecular weight excluding hydrogens is 392 g/mol. The first-order valence-electron chi connectivity index (χ1n) is 13.1. The first kappa shape index (κ1) is 20.7. The van der Waals surface area contributed by atoms with Gasteiger partial charge in [0.05, 0.1) is 0 Å². The van der Waals surface area contributed by atoms with Crippen molar-refractivity contribution in [1.82, 2.24) is 10.3 Å². The quantitative estimate of drug-likeness (QED) is 0.570. The monoisotopic (exact) mass is 430 g/mol. The predicted octanol–water partition coefficient (Wildman–Crippen LogP) is 6.32. The molecule has 1 aromatic rings. The van der Waals surface area contributed by atoms with Crippen molar-refractivity contribution in [2.24, 2.45) is 34.5 Å². The van der Waals surface area contributed by atoms with Crippen LogP contribution in [0.25, 0.3) is 5.57 Å². The molecule has 0 saturated heterocycles. The number of nitrogens with zero attached hydrogens (tertiary/aromatic N) is 1.